The van der Waals surface area contributed by atoms with Crippen molar-refractivity contribution in [2.24, 2.45) is 5.92 Å². The van der Waals surface area contributed by atoms with E-state index in [4.69, 9.17) is 4.98 Å². The molecule has 0 saturated carbocycles. The number of nitrogens with one attached hydrogen (secondary N) is 1. The largest absolute Gasteiger partial charge is 0.508 e. The van der Waals surface area contributed by atoms with Gasteiger partial charge in [0.15, 0.2) is 0 Å². The summed E-state index contributed by atoms with van der Waals surface area (Å²) in [7, 11) is 0. The topological polar surface area (TPSA) is 75.7 Å². The Kier molecular flexibility index (Phi) is 6.51. The number of H-pyrrole nitrogens is 1. The van der Waals surface area contributed by atoms with Gasteiger partial charge in [-0.05, 0) is 38.7 Å². The summed E-state index contributed by atoms with van der Waals surface area (Å²) in [5.41, 5.74) is 3.59. The number of hydrogen-bond acceptors (Lipinski definition) is 6. The van der Waals surface area contributed by atoms with Crippen molar-refractivity contribution in [3.8, 4) is 5.75 Å². The lowest BCUT2D eigenvalue weighted by Gasteiger charge is -2.33. The summed E-state index contributed by atoms with van der Waals surface area (Å²) in [4.78, 5) is 27.4. The normalized spacial score (nSPS) is 19.3. The first-order valence-corrected chi connectivity index (χ1v) is 11.6. The SMILES string of the molecule is CCN(CC)c1ccc(CN2CCc3nc(N4CCCC(C)C4)[nH]c(=O)c3C2)c(O)c1. The smallest absolute Gasteiger partial charge is 0.257 e. The first-order valence-electron chi connectivity index (χ1n) is 11.6. The van der Waals surface area contributed by atoms with Crippen LogP contribution in [0.3, 0.4) is 0 Å². The van der Waals surface area contributed by atoms with Crippen LogP contribution in [0.15, 0.2) is 23.0 Å². The third-order valence-electron chi connectivity index (χ3n) is 6.68. The van der Waals surface area contributed by atoms with Gasteiger partial charge < -0.3 is 14.9 Å². The van der Waals surface area contributed by atoms with E-state index in [1.807, 2.05) is 12.1 Å². The van der Waals surface area contributed by atoms with Gasteiger partial charge in [0.25, 0.3) is 5.56 Å². The second-order valence-electron chi connectivity index (χ2n) is 8.95. The van der Waals surface area contributed by atoms with Crippen molar-refractivity contribution in [2.75, 3.05) is 42.5 Å². The van der Waals surface area contributed by atoms with Gasteiger partial charge in [-0.1, -0.05) is 13.0 Å². The summed E-state index contributed by atoms with van der Waals surface area (Å²) < 4.78 is 0. The monoisotopic (exact) mass is 425 g/mol. The first-order chi connectivity index (χ1) is 15.0. The molecular weight excluding hydrogens is 390 g/mol. The molecule has 2 aliphatic heterocycles. The average Bonchev–Trinajstić information content (AvgIpc) is 2.76. The highest BCUT2D eigenvalue weighted by atomic mass is 16.3. The molecule has 2 aliphatic rings. The predicted octanol–water partition coefficient (Wildman–Crippen LogP) is 3.12. The number of piperidine rings is 1. The Bertz CT molecular complexity index is 969. The van der Waals surface area contributed by atoms with E-state index < -0.39 is 0 Å². The molecule has 0 radical (unpaired) electrons. The maximum atomic E-state index is 12.9. The summed E-state index contributed by atoms with van der Waals surface area (Å²) >= 11 is 0. The molecule has 31 heavy (non-hydrogen) atoms. The van der Waals surface area contributed by atoms with E-state index >= 15 is 0 Å². The van der Waals surface area contributed by atoms with Gasteiger partial charge in [-0.15, -0.1) is 0 Å². The summed E-state index contributed by atoms with van der Waals surface area (Å²) in [6, 6.07) is 5.92. The second kappa shape index (κ2) is 9.30. The van der Waals surface area contributed by atoms with Crippen LogP contribution in [0.25, 0.3) is 0 Å². The Labute approximate surface area is 184 Å². The molecule has 2 N–H and O–H groups in total. The van der Waals surface area contributed by atoms with E-state index in [-0.39, 0.29) is 5.56 Å². The van der Waals surface area contributed by atoms with Crippen LogP contribution < -0.4 is 15.4 Å². The van der Waals surface area contributed by atoms with Crippen molar-refractivity contribution in [3.05, 3.63) is 45.4 Å². The number of aromatic nitrogens is 2. The zero-order chi connectivity index (χ0) is 22.0. The van der Waals surface area contributed by atoms with Crippen LogP contribution in [0.1, 0.15) is 50.4 Å². The number of phenolic OH excluding ortho intramolecular Hbond substituents is 1. The van der Waals surface area contributed by atoms with Crippen molar-refractivity contribution in [2.45, 2.75) is 53.1 Å². The van der Waals surface area contributed by atoms with E-state index in [1.165, 1.54) is 6.42 Å². The minimum Gasteiger partial charge on any atom is -0.508 e. The Morgan fingerprint density at radius 3 is 2.77 bits per heavy atom. The number of phenols is 1. The Morgan fingerprint density at radius 2 is 2.06 bits per heavy atom. The van der Waals surface area contributed by atoms with E-state index in [1.54, 1.807) is 0 Å². The molecule has 7 nitrogen and oxygen atoms in total. The molecule has 0 spiro atoms. The van der Waals surface area contributed by atoms with Crippen molar-refractivity contribution in [1.82, 2.24) is 14.9 Å². The molecule has 168 valence electrons. The van der Waals surface area contributed by atoms with Crippen LogP contribution in [0.4, 0.5) is 11.6 Å². The minimum atomic E-state index is -0.0240. The fourth-order valence-electron chi connectivity index (χ4n) is 4.85. The van der Waals surface area contributed by atoms with Crippen LogP contribution in [0, 0.1) is 5.92 Å². The first kappa shape index (κ1) is 21.7. The lowest BCUT2D eigenvalue weighted by molar-refractivity contribution is 0.238. The molecule has 1 saturated heterocycles. The van der Waals surface area contributed by atoms with Gasteiger partial charge in [0, 0.05) is 69.6 Å². The number of aromatic hydroxyl groups is 1. The fourth-order valence-corrected chi connectivity index (χ4v) is 4.85. The number of aromatic amines is 1. The molecule has 0 bridgehead atoms. The van der Waals surface area contributed by atoms with Gasteiger partial charge in [0.1, 0.15) is 5.75 Å². The van der Waals surface area contributed by atoms with Gasteiger partial charge in [-0.25, -0.2) is 4.98 Å². The van der Waals surface area contributed by atoms with Crippen molar-refractivity contribution in [3.63, 3.8) is 0 Å². The fraction of sp³-hybridized carbons (Fsp3) is 0.583. The maximum Gasteiger partial charge on any atom is 0.257 e. The molecule has 1 atom stereocenters. The van der Waals surface area contributed by atoms with Gasteiger partial charge in [0.2, 0.25) is 5.95 Å². The molecule has 1 unspecified atom stereocenters. The maximum absolute atomic E-state index is 12.9. The van der Waals surface area contributed by atoms with E-state index in [0.717, 1.165) is 74.0 Å². The Hall–Kier alpha value is -2.54. The number of nitrogens with zero attached hydrogens (tertiary/aromatic N) is 4. The molecule has 0 amide bonds. The van der Waals surface area contributed by atoms with Gasteiger partial charge >= 0.3 is 0 Å². The van der Waals surface area contributed by atoms with E-state index in [9.17, 15) is 9.90 Å². The van der Waals surface area contributed by atoms with Crippen LogP contribution >= 0.6 is 0 Å². The highest BCUT2D eigenvalue weighted by Crippen LogP contribution is 2.27. The highest BCUT2D eigenvalue weighted by molar-refractivity contribution is 5.53. The van der Waals surface area contributed by atoms with Crippen LogP contribution in [0.5, 0.6) is 5.75 Å². The second-order valence-corrected chi connectivity index (χ2v) is 8.95. The standard InChI is InChI=1S/C24H35N5O2/c1-4-28(5-2)19-9-8-18(22(30)13-19)15-27-12-10-21-20(16-27)23(31)26-24(25-21)29-11-6-7-17(3)14-29/h8-9,13,17,30H,4-7,10-12,14-16H2,1-3H3,(H,25,26,31). The molecule has 7 heteroatoms. The summed E-state index contributed by atoms with van der Waals surface area (Å²) in [5.74, 6) is 1.68. The number of hydrogen-bond donors (Lipinski definition) is 2. The molecule has 1 aromatic carbocycles. The predicted molar refractivity (Wildman–Crippen MR) is 125 cm³/mol. The minimum absolute atomic E-state index is 0.0240. The highest BCUT2D eigenvalue weighted by Gasteiger charge is 2.25. The number of anilines is 2. The zero-order valence-corrected chi connectivity index (χ0v) is 19.0. The summed E-state index contributed by atoms with van der Waals surface area (Å²) in [5, 5.41) is 10.6. The quantitative estimate of drug-likeness (QED) is 0.741. The third kappa shape index (κ3) is 4.71. The Balaban J connectivity index is 1.47. The van der Waals surface area contributed by atoms with Crippen molar-refractivity contribution < 1.29 is 5.11 Å². The molecule has 3 heterocycles. The third-order valence-corrected chi connectivity index (χ3v) is 6.68. The zero-order valence-electron chi connectivity index (χ0n) is 19.0. The average molecular weight is 426 g/mol. The van der Waals surface area contributed by atoms with E-state index in [2.05, 4.69) is 46.5 Å². The molecule has 4 rings (SSSR count). The lowest BCUT2D eigenvalue weighted by Crippen LogP contribution is -2.39. The van der Waals surface area contributed by atoms with Gasteiger partial charge in [-0.3, -0.25) is 14.7 Å². The summed E-state index contributed by atoms with van der Waals surface area (Å²) in [6.45, 7) is 12.2. The van der Waals surface area contributed by atoms with Gasteiger partial charge in [-0.2, -0.15) is 0 Å². The molecule has 2 aromatic rings. The van der Waals surface area contributed by atoms with Crippen LogP contribution in [-0.2, 0) is 19.5 Å². The summed E-state index contributed by atoms with van der Waals surface area (Å²) in [6.07, 6.45) is 3.14. The van der Waals surface area contributed by atoms with E-state index in [0.29, 0.717) is 24.8 Å². The van der Waals surface area contributed by atoms with Gasteiger partial charge in [0.05, 0.1) is 11.3 Å². The van der Waals surface area contributed by atoms with Crippen molar-refractivity contribution >= 4 is 11.6 Å². The Morgan fingerprint density at radius 1 is 1.26 bits per heavy atom. The van der Waals surface area contributed by atoms with Crippen LogP contribution in [0.2, 0.25) is 0 Å². The number of benzene rings is 1. The molecular formula is C24H35N5O2. The molecule has 1 fully saturated rings. The lowest BCUT2D eigenvalue weighted by atomic mass is 10.0. The van der Waals surface area contributed by atoms with Crippen LogP contribution in [-0.4, -0.2) is 52.7 Å². The molecule has 0 aliphatic carbocycles. The number of fused-ring (bicyclic) bond motifs is 1. The van der Waals surface area contributed by atoms with Crippen molar-refractivity contribution in [1.29, 1.82) is 0 Å². The molecule has 1 aromatic heterocycles. The number of rotatable bonds is 6.